The van der Waals surface area contributed by atoms with Crippen molar-refractivity contribution in [3.05, 3.63) is 65.2 Å². The second-order valence-electron chi connectivity index (χ2n) is 7.92. The van der Waals surface area contributed by atoms with Gasteiger partial charge in [-0.25, -0.2) is 0 Å². The second kappa shape index (κ2) is 10.8. The van der Waals surface area contributed by atoms with E-state index in [1.54, 1.807) is 26.4 Å². The molecule has 1 heterocycles. The highest BCUT2D eigenvalue weighted by molar-refractivity contribution is 5.91. The van der Waals surface area contributed by atoms with Crippen LogP contribution in [0.15, 0.2) is 48.5 Å². The van der Waals surface area contributed by atoms with E-state index in [2.05, 4.69) is 35.3 Å². The molecule has 0 aromatic heterocycles. The maximum absolute atomic E-state index is 12.3. The van der Waals surface area contributed by atoms with Crippen molar-refractivity contribution in [1.29, 1.82) is 0 Å². The predicted molar refractivity (Wildman–Crippen MR) is 121 cm³/mol. The van der Waals surface area contributed by atoms with Gasteiger partial charge >= 0.3 is 0 Å². The van der Waals surface area contributed by atoms with Gasteiger partial charge in [0.2, 0.25) is 5.91 Å². The molecule has 30 heavy (non-hydrogen) atoms. The van der Waals surface area contributed by atoms with E-state index in [1.165, 1.54) is 24.0 Å². The molecule has 3 rings (SSSR count). The van der Waals surface area contributed by atoms with Crippen LogP contribution in [0, 0.1) is 5.92 Å². The lowest BCUT2D eigenvalue weighted by molar-refractivity contribution is -0.116. The molecule has 1 aliphatic heterocycles. The summed E-state index contributed by atoms with van der Waals surface area (Å²) in [5.41, 5.74) is 3.33. The normalized spacial score (nSPS) is 17.1. The molecule has 1 saturated heterocycles. The van der Waals surface area contributed by atoms with Crippen molar-refractivity contribution in [3.63, 3.8) is 0 Å². The fourth-order valence-electron chi connectivity index (χ4n) is 3.93. The number of methoxy groups -OCH3 is 2. The first-order valence-electron chi connectivity index (χ1n) is 10.6. The number of ether oxygens (including phenoxy) is 2. The molecule has 0 saturated carbocycles. The van der Waals surface area contributed by atoms with Gasteiger partial charge in [-0.3, -0.25) is 9.69 Å². The van der Waals surface area contributed by atoms with Crippen LogP contribution >= 0.6 is 0 Å². The molecule has 0 spiro atoms. The van der Waals surface area contributed by atoms with Crippen molar-refractivity contribution in [2.45, 2.75) is 32.9 Å². The van der Waals surface area contributed by atoms with Gasteiger partial charge in [0.25, 0.3) is 0 Å². The van der Waals surface area contributed by atoms with Crippen molar-refractivity contribution >= 4 is 12.0 Å². The minimum atomic E-state index is -0.119. The Morgan fingerprint density at radius 2 is 1.90 bits per heavy atom. The zero-order valence-corrected chi connectivity index (χ0v) is 18.2. The van der Waals surface area contributed by atoms with Gasteiger partial charge in [0, 0.05) is 25.7 Å². The third-order valence-corrected chi connectivity index (χ3v) is 5.54. The Morgan fingerprint density at radius 3 is 2.63 bits per heavy atom. The van der Waals surface area contributed by atoms with Crippen molar-refractivity contribution < 1.29 is 14.3 Å². The van der Waals surface area contributed by atoms with E-state index in [4.69, 9.17) is 9.47 Å². The van der Waals surface area contributed by atoms with Crippen LogP contribution in [0.1, 0.15) is 36.5 Å². The highest BCUT2D eigenvalue weighted by Crippen LogP contribution is 2.28. The average molecular weight is 409 g/mol. The number of hydrogen-bond acceptors (Lipinski definition) is 4. The van der Waals surface area contributed by atoms with E-state index in [0.717, 1.165) is 31.1 Å². The third-order valence-electron chi connectivity index (χ3n) is 5.54. The molecule has 1 fully saturated rings. The molecule has 2 aromatic carbocycles. The van der Waals surface area contributed by atoms with Crippen molar-refractivity contribution in [2.24, 2.45) is 5.92 Å². The number of carbonyl (C=O) groups excluding carboxylic acids is 1. The Hall–Kier alpha value is -2.79. The summed E-state index contributed by atoms with van der Waals surface area (Å²) >= 11 is 0. The fourth-order valence-corrected chi connectivity index (χ4v) is 3.93. The van der Waals surface area contributed by atoms with Crippen molar-refractivity contribution in [1.82, 2.24) is 10.2 Å². The number of nitrogens with one attached hydrogen (secondary N) is 1. The molecule has 1 atom stereocenters. The fraction of sp³-hybridized carbons (Fsp3) is 0.400. The average Bonchev–Trinajstić information content (AvgIpc) is 2.77. The van der Waals surface area contributed by atoms with Gasteiger partial charge in [0.1, 0.15) is 0 Å². The molecular weight excluding hydrogens is 376 g/mol. The Morgan fingerprint density at radius 1 is 1.13 bits per heavy atom. The number of amides is 1. The predicted octanol–water partition coefficient (Wildman–Crippen LogP) is 4.27. The van der Waals surface area contributed by atoms with Crippen LogP contribution in [0.25, 0.3) is 6.08 Å². The number of likely N-dealkylation sites (tertiary alicyclic amines) is 1. The Labute approximate surface area is 179 Å². The maximum atomic E-state index is 12.3. The standard InChI is InChI=1S/C25H32N2O3/c1-19-7-6-14-27(17-19)18-22-9-5-4-8-21(22)16-26-25(28)13-11-20-10-12-23(29-2)24(15-20)30-3/h4-5,8-13,15,19H,6-7,14,16-18H2,1-3H3,(H,26,28). The molecule has 1 aliphatic rings. The summed E-state index contributed by atoms with van der Waals surface area (Å²) < 4.78 is 10.6. The molecule has 5 heteroatoms. The van der Waals surface area contributed by atoms with Crippen LogP contribution in [-0.2, 0) is 17.9 Å². The number of piperidine rings is 1. The zero-order chi connectivity index (χ0) is 21.3. The van der Waals surface area contributed by atoms with E-state index in [1.807, 2.05) is 24.3 Å². The van der Waals surface area contributed by atoms with Gasteiger partial charge in [0.05, 0.1) is 14.2 Å². The summed E-state index contributed by atoms with van der Waals surface area (Å²) in [4.78, 5) is 14.9. The van der Waals surface area contributed by atoms with E-state index in [0.29, 0.717) is 18.0 Å². The molecule has 160 valence electrons. The van der Waals surface area contributed by atoms with Crippen LogP contribution in [0.4, 0.5) is 0 Å². The van der Waals surface area contributed by atoms with Crippen LogP contribution in [0.5, 0.6) is 11.5 Å². The van der Waals surface area contributed by atoms with Gasteiger partial charge in [-0.15, -0.1) is 0 Å². The van der Waals surface area contributed by atoms with Gasteiger partial charge in [0.15, 0.2) is 11.5 Å². The smallest absolute Gasteiger partial charge is 0.244 e. The van der Waals surface area contributed by atoms with Gasteiger partial charge in [-0.05, 0) is 60.2 Å². The van der Waals surface area contributed by atoms with Crippen LogP contribution < -0.4 is 14.8 Å². The molecular formula is C25H32N2O3. The summed E-state index contributed by atoms with van der Waals surface area (Å²) in [6.45, 7) is 6.09. The van der Waals surface area contributed by atoms with Gasteiger partial charge in [-0.2, -0.15) is 0 Å². The largest absolute Gasteiger partial charge is 0.493 e. The Balaban J connectivity index is 1.58. The molecule has 5 nitrogen and oxygen atoms in total. The molecule has 1 N–H and O–H groups in total. The first-order valence-corrected chi connectivity index (χ1v) is 10.6. The summed E-state index contributed by atoms with van der Waals surface area (Å²) in [5, 5.41) is 3.01. The third kappa shape index (κ3) is 6.10. The van der Waals surface area contributed by atoms with Crippen LogP contribution in [0.3, 0.4) is 0 Å². The summed E-state index contributed by atoms with van der Waals surface area (Å²) in [5.74, 6) is 1.94. The summed E-state index contributed by atoms with van der Waals surface area (Å²) in [6.07, 6.45) is 5.91. The molecule has 0 radical (unpaired) electrons. The Bertz CT molecular complexity index is 878. The maximum Gasteiger partial charge on any atom is 0.244 e. The van der Waals surface area contributed by atoms with Crippen molar-refractivity contribution in [3.8, 4) is 11.5 Å². The second-order valence-corrected chi connectivity index (χ2v) is 7.92. The zero-order valence-electron chi connectivity index (χ0n) is 18.2. The number of rotatable bonds is 8. The number of hydrogen-bond donors (Lipinski definition) is 1. The van der Waals surface area contributed by atoms with E-state index >= 15 is 0 Å². The molecule has 0 bridgehead atoms. The lowest BCUT2D eigenvalue weighted by Crippen LogP contribution is -2.34. The minimum Gasteiger partial charge on any atom is -0.493 e. The lowest BCUT2D eigenvalue weighted by atomic mass is 9.99. The SMILES string of the molecule is COc1ccc(C=CC(=O)NCc2ccccc2CN2CCCC(C)C2)cc1OC. The van der Waals surface area contributed by atoms with E-state index < -0.39 is 0 Å². The molecule has 0 aliphatic carbocycles. The summed E-state index contributed by atoms with van der Waals surface area (Å²) in [6, 6.07) is 13.9. The van der Waals surface area contributed by atoms with Crippen molar-refractivity contribution in [2.75, 3.05) is 27.3 Å². The summed E-state index contributed by atoms with van der Waals surface area (Å²) in [7, 11) is 3.20. The highest BCUT2D eigenvalue weighted by Gasteiger charge is 2.17. The van der Waals surface area contributed by atoms with Crippen LogP contribution in [-0.4, -0.2) is 38.1 Å². The van der Waals surface area contributed by atoms with E-state index in [-0.39, 0.29) is 5.91 Å². The first-order chi connectivity index (χ1) is 14.6. The van der Waals surface area contributed by atoms with Crippen LogP contribution in [0.2, 0.25) is 0 Å². The highest BCUT2D eigenvalue weighted by atomic mass is 16.5. The monoisotopic (exact) mass is 408 g/mol. The van der Waals surface area contributed by atoms with E-state index in [9.17, 15) is 4.79 Å². The molecule has 1 amide bonds. The van der Waals surface area contributed by atoms with Gasteiger partial charge < -0.3 is 14.8 Å². The molecule has 2 aromatic rings. The number of benzene rings is 2. The van der Waals surface area contributed by atoms with Gasteiger partial charge in [-0.1, -0.05) is 37.3 Å². The molecule has 1 unspecified atom stereocenters. The quantitative estimate of drug-likeness (QED) is 0.663. The Kier molecular flexibility index (Phi) is 7.91. The topological polar surface area (TPSA) is 50.8 Å². The number of carbonyl (C=O) groups is 1. The lowest BCUT2D eigenvalue weighted by Gasteiger charge is -2.31. The number of nitrogens with zero attached hydrogens (tertiary/aromatic N) is 1. The minimum absolute atomic E-state index is 0.119. The first kappa shape index (κ1) is 21.9.